The van der Waals surface area contributed by atoms with Crippen LogP contribution in [0.5, 0.6) is 0 Å². The standard InChI is InChI=1S/C68H120O6/c1-4-7-10-13-16-19-22-25-28-31-34-37-40-43-46-49-52-55-58-61-67(70)73-64-65(63-72-66(69)60-57-54-51-48-45-42-39-36-33-30-27-24-21-18-15-12-9-6-3)74-68(71)62-59-56-53-50-47-44-41-38-35-32-29-26-23-20-17-14-11-8-5-2/h7,10,16,19,25,28,32,34-35,37,43,46,65H,4-6,8-9,11-15,17-18,20-24,26-27,29-31,33,36,38-42,44-45,47-64H2,1-3H3/b10-7-,19-16-,28-25-,35-32-,37-34-,46-43-. The number of carbonyl (C=O) groups is 3. The van der Waals surface area contributed by atoms with Gasteiger partial charge in [-0.25, -0.2) is 0 Å². The fraction of sp³-hybridized carbons (Fsp3) is 0.779. The molecule has 0 aromatic carbocycles. The Kier molecular flexibility index (Phi) is 59.7. The molecule has 74 heavy (non-hydrogen) atoms. The number of hydrogen-bond donors (Lipinski definition) is 0. The molecule has 0 fully saturated rings. The maximum Gasteiger partial charge on any atom is 0.306 e. The SMILES string of the molecule is CC/C=C\C/C=C\C/C=C\C/C=C\C/C=C\CCCCCC(=O)OCC(COC(=O)CCCCCCCCCCCCCCCCCCCC)OC(=O)CCCCCCCCC/C=C\CCCCCCCCCC. The molecule has 0 saturated carbocycles. The van der Waals surface area contributed by atoms with Gasteiger partial charge in [-0.2, -0.15) is 0 Å². The number of rotatable bonds is 58. The molecule has 1 atom stereocenters. The summed E-state index contributed by atoms with van der Waals surface area (Å²) < 4.78 is 16.9. The lowest BCUT2D eigenvalue weighted by Crippen LogP contribution is -2.30. The average Bonchev–Trinajstić information content (AvgIpc) is 3.40. The number of hydrogen-bond acceptors (Lipinski definition) is 6. The van der Waals surface area contributed by atoms with Crippen LogP contribution >= 0.6 is 0 Å². The van der Waals surface area contributed by atoms with Gasteiger partial charge < -0.3 is 14.2 Å². The molecule has 6 heteroatoms. The maximum atomic E-state index is 12.9. The van der Waals surface area contributed by atoms with Crippen LogP contribution in [0.25, 0.3) is 0 Å². The molecule has 428 valence electrons. The summed E-state index contributed by atoms with van der Waals surface area (Å²) in [5, 5.41) is 0. The third-order valence-corrected chi connectivity index (χ3v) is 13.9. The third-order valence-electron chi connectivity index (χ3n) is 13.9. The van der Waals surface area contributed by atoms with Crippen molar-refractivity contribution in [2.75, 3.05) is 13.2 Å². The fourth-order valence-electron chi connectivity index (χ4n) is 9.17. The van der Waals surface area contributed by atoms with Crippen molar-refractivity contribution in [3.05, 3.63) is 72.9 Å². The molecule has 0 aliphatic heterocycles. The molecule has 0 aliphatic carbocycles. The summed E-state index contributed by atoms with van der Waals surface area (Å²) in [6.07, 6.45) is 80.5. The van der Waals surface area contributed by atoms with Gasteiger partial charge >= 0.3 is 17.9 Å². The number of ether oxygens (including phenoxy) is 3. The Morgan fingerprint density at radius 2 is 0.527 bits per heavy atom. The predicted octanol–water partition coefficient (Wildman–Crippen LogP) is 21.7. The van der Waals surface area contributed by atoms with Crippen LogP contribution < -0.4 is 0 Å². The van der Waals surface area contributed by atoms with E-state index in [1.807, 2.05) is 0 Å². The highest BCUT2D eigenvalue weighted by molar-refractivity contribution is 5.71. The van der Waals surface area contributed by atoms with Gasteiger partial charge in [-0.1, -0.05) is 286 Å². The first-order valence-corrected chi connectivity index (χ1v) is 31.9. The Hall–Kier alpha value is -3.15. The summed E-state index contributed by atoms with van der Waals surface area (Å²) >= 11 is 0. The van der Waals surface area contributed by atoms with Crippen molar-refractivity contribution < 1.29 is 28.6 Å². The monoisotopic (exact) mass is 1030 g/mol. The van der Waals surface area contributed by atoms with E-state index in [1.54, 1.807) is 0 Å². The summed E-state index contributed by atoms with van der Waals surface area (Å²) in [7, 11) is 0. The van der Waals surface area contributed by atoms with E-state index in [0.717, 1.165) is 96.3 Å². The summed E-state index contributed by atoms with van der Waals surface area (Å²) in [5.41, 5.74) is 0. The molecular formula is C68H120O6. The van der Waals surface area contributed by atoms with Crippen molar-refractivity contribution in [1.82, 2.24) is 0 Å². The molecular weight excluding hydrogens is 913 g/mol. The predicted molar refractivity (Wildman–Crippen MR) is 321 cm³/mol. The Morgan fingerprint density at radius 3 is 0.851 bits per heavy atom. The van der Waals surface area contributed by atoms with Crippen molar-refractivity contribution in [3.8, 4) is 0 Å². The molecule has 0 amide bonds. The average molecular weight is 1030 g/mol. The fourth-order valence-corrected chi connectivity index (χ4v) is 9.17. The number of allylic oxidation sites excluding steroid dienone is 12. The first-order chi connectivity index (χ1) is 36.5. The van der Waals surface area contributed by atoms with E-state index in [1.165, 1.54) is 186 Å². The lowest BCUT2D eigenvalue weighted by atomic mass is 10.0. The summed E-state index contributed by atoms with van der Waals surface area (Å²) in [6, 6.07) is 0. The highest BCUT2D eigenvalue weighted by Gasteiger charge is 2.19. The number of unbranched alkanes of at least 4 members (excludes halogenated alkanes) is 35. The molecule has 0 radical (unpaired) electrons. The number of carbonyl (C=O) groups excluding carboxylic acids is 3. The van der Waals surface area contributed by atoms with Gasteiger partial charge in [0.2, 0.25) is 0 Å². The first-order valence-electron chi connectivity index (χ1n) is 31.9. The summed E-state index contributed by atoms with van der Waals surface area (Å²) in [6.45, 7) is 6.54. The minimum atomic E-state index is -0.791. The topological polar surface area (TPSA) is 78.9 Å². The molecule has 6 nitrogen and oxygen atoms in total. The minimum absolute atomic E-state index is 0.0848. The summed E-state index contributed by atoms with van der Waals surface area (Å²) in [4.78, 5) is 38.3. The normalized spacial score (nSPS) is 12.5. The van der Waals surface area contributed by atoms with Crippen LogP contribution in [0.3, 0.4) is 0 Å². The largest absolute Gasteiger partial charge is 0.462 e. The third kappa shape index (κ3) is 59.7. The molecule has 0 aromatic heterocycles. The Morgan fingerprint density at radius 1 is 0.284 bits per heavy atom. The summed E-state index contributed by atoms with van der Waals surface area (Å²) in [5.74, 6) is -0.906. The van der Waals surface area contributed by atoms with Gasteiger partial charge in [0.1, 0.15) is 13.2 Å². The van der Waals surface area contributed by atoms with E-state index in [0.29, 0.717) is 19.3 Å². The zero-order valence-electron chi connectivity index (χ0n) is 49.1. The minimum Gasteiger partial charge on any atom is -0.462 e. The van der Waals surface area contributed by atoms with Crippen molar-refractivity contribution in [2.24, 2.45) is 0 Å². The Labute approximate surface area is 459 Å². The first kappa shape index (κ1) is 70.8. The smallest absolute Gasteiger partial charge is 0.306 e. The molecule has 0 bridgehead atoms. The van der Waals surface area contributed by atoms with E-state index in [9.17, 15) is 14.4 Å². The van der Waals surface area contributed by atoms with Gasteiger partial charge in [-0.15, -0.1) is 0 Å². The molecule has 0 aromatic rings. The van der Waals surface area contributed by atoms with E-state index < -0.39 is 6.10 Å². The van der Waals surface area contributed by atoms with E-state index in [4.69, 9.17) is 14.2 Å². The Balaban J connectivity index is 4.42. The van der Waals surface area contributed by atoms with Crippen molar-refractivity contribution in [2.45, 2.75) is 329 Å². The maximum absolute atomic E-state index is 12.9. The lowest BCUT2D eigenvalue weighted by molar-refractivity contribution is -0.167. The van der Waals surface area contributed by atoms with E-state index >= 15 is 0 Å². The molecule has 0 spiro atoms. The van der Waals surface area contributed by atoms with Gasteiger partial charge in [-0.3, -0.25) is 14.4 Å². The molecule has 0 N–H and O–H groups in total. The van der Waals surface area contributed by atoms with Crippen LogP contribution in [-0.4, -0.2) is 37.2 Å². The second kappa shape index (κ2) is 62.4. The zero-order valence-corrected chi connectivity index (χ0v) is 49.1. The van der Waals surface area contributed by atoms with Crippen LogP contribution in [0.2, 0.25) is 0 Å². The van der Waals surface area contributed by atoms with Gasteiger partial charge in [0.05, 0.1) is 0 Å². The van der Waals surface area contributed by atoms with Crippen LogP contribution in [0.1, 0.15) is 323 Å². The zero-order chi connectivity index (χ0) is 53.6. The number of esters is 3. The molecule has 0 aliphatic rings. The lowest BCUT2D eigenvalue weighted by Gasteiger charge is -2.18. The van der Waals surface area contributed by atoms with E-state index in [2.05, 4.69) is 93.7 Å². The second-order valence-corrected chi connectivity index (χ2v) is 21.3. The second-order valence-electron chi connectivity index (χ2n) is 21.3. The van der Waals surface area contributed by atoms with Crippen molar-refractivity contribution >= 4 is 17.9 Å². The molecule has 0 heterocycles. The van der Waals surface area contributed by atoms with Crippen LogP contribution in [-0.2, 0) is 28.6 Å². The quantitative estimate of drug-likeness (QED) is 0.0261. The van der Waals surface area contributed by atoms with Crippen LogP contribution in [0.15, 0.2) is 72.9 Å². The van der Waals surface area contributed by atoms with Crippen LogP contribution in [0, 0.1) is 0 Å². The molecule has 0 rings (SSSR count). The van der Waals surface area contributed by atoms with Gasteiger partial charge in [0, 0.05) is 19.3 Å². The van der Waals surface area contributed by atoms with Gasteiger partial charge in [0.15, 0.2) is 6.10 Å². The van der Waals surface area contributed by atoms with Crippen LogP contribution in [0.4, 0.5) is 0 Å². The van der Waals surface area contributed by atoms with E-state index in [-0.39, 0.29) is 31.1 Å². The molecule has 1 unspecified atom stereocenters. The highest BCUT2D eigenvalue weighted by Crippen LogP contribution is 2.17. The van der Waals surface area contributed by atoms with Crippen molar-refractivity contribution in [3.63, 3.8) is 0 Å². The van der Waals surface area contributed by atoms with Crippen molar-refractivity contribution in [1.29, 1.82) is 0 Å². The highest BCUT2D eigenvalue weighted by atomic mass is 16.6. The Bertz CT molecular complexity index is 1370. The van der Waals surface area contributed by atoms with Gasteiger partial charge in [0.25, 0.3) is 0 Å². The van der Waals surface area contributed by atoms with Gasteiger partial charge in [-0.05, 0) is 89.9 Å². The molecule has 0 saturated heterocycles.